The van der Waals surface area contributed by atoms with E-state index in [4.69, 9.17) is 4.74 Å². The molecule has 2 aromatic rings. The van der Waals surface area contributed by atoms with Crippen LogP contribution >= 0.6 is 11.3 Å². The summed E-state index contributed by atoms with van der Waals surface area (Å²) in [5, 5.41) is 1.81. The lowest BCUT2D eigenvalue weighted by atomic mass is 10.4. The van der Waals surface area contributed by atoms with Crippen molar-refractivity contribution in [2.75, 3.05) is 6.61 Å². The molecule has 5 nitrogen and oxygen atoms in total. The molecule has 2 aromatic heterocycles. The quantitative estimate of drug-likeness (QED) is 0.738. The van der Waals surface area contributed by atoms with E-state index in [1.165, 1.54) is 11.3 Å². The van der Waals surface area contributed by atoms with Gasteiger partial charge in [-0.05, 0) is 11.4 Å². The number of epoxide rings is 1. The van der Waals surface area contributed by atoms with Gasteiger partial charge in [0.05, 0.1) is 24.8 Å². The van der Waals surface area contributed by atoms with Gasteiger partial charge in [-0.25, -0.2) is 4.79 Å². The van der Waals surface area contributed by atoms with E-state index in [-0.39, 0.29) is 17.4 Å². The SMILES string of the molecule is O=c1[nH]c(=O)n(C[C@H]2CO2)c2ccsc12. The maximum atomic E-state index is 11.6. The molecule has 0 radical (unpaired) electrons. The first-order valence-electron chi connectivity index (χ1n) is 4.57. The number of thiophene rings is 1. The van der Waals surface area contributed by atoms with E-state index in [0.717, 1.165) is 0 Å². The molecule has 1 atom stereocenters. The van der Waals surface area contributed by atoms with Crippen molar-refractivity contribution in [2.45, 2.75) is 12.6 Å². The lowest BCUT2D eigenvalue weighted by Gasteiger charge is -2.03. The zero-order valence-corrected chi connectivity index (χ0v) is 8.54. The van der Waals surface area contributed by atoms with Crippen molar-refractivity contribution in [3.63, 3.8) is 0 Å². The Morgan fingerprint density at radius 2 is 2.40 bits per heavy atom. The van der Waals surface area contributed by atoms with E-state index in [9.17, 15) is 9.59 Å². The van der Waals surface area contributed by atoms with Gasteiger partial charge >= 0.3 is 5.69 Å². The van der Waals surface area contributed by atoms with Crippen LogP contribution in [0.2, 0.25) is 0 Å². The molecular formula is C9H8N2O3S. The summed E-state index contributed by atoms with van der Waals surface area (Å²) in [6.07, 6.45) is 0.122. The van der Waals surface area contributed by atoms with Crippen LogP contribution < -0.4 is 11.2 Å². The normalized spacial score (nSPS) is 19.6. The van der Waals surface area contributed by atoms with Gasteiger partial charge in [-0.1, -0.05) is 0 Å². The van der Waals surface area contributed by atoms with Crippen LogP contribution in [0.4, 0.5) is 0 Å². The number of nitrogens with zero attached hydrogens (tertiary/aromatic N) is 1. The molecule has 1 aliphatic heterocycles. The second kappa shape index (κ2) is 3.04. The number of ether oxygens (including phenoxy) is 1. The molecule has 0 saturated carbocycles. The van der Waals surface area contributed by atoms with Crippen molar-refractivity contribution in [3.05, 3.63) is 32.3 Å². The lowest BCUT2D eigenvalue weighted by molar-refractivity contribution is 0.382. The number of hydrogen-bond acceptors (Lipinski definition) is 4. The van der Waals surface area contributed by atoms with Crippen molar-refractivity contribution in [1.82, 2.24) is 9.55 Å². The predicted octanol–water partition coefficient (Wildman–Crippen LogP) is 0.150. The molecule has 3 heterocycles. The molecule has 0 aromatic carbocycles. The Hall–Kier alpha value is -1.40. The van der Waals surface area contributed by atoms with Crippen LogP contribution in [0.1, 0.15) is 0 Å². The molecule has 1 fully saturated rings. The van der Waals surface area contributed by atoms with E-state index >= 15 is 0 Å². The van der Waals surface area contributed by atoms with Crippen LogP contribution in [0, 0.1) is 0 Å². The number of aromatic amines is 1. The van der Waals surface area contributed by atoms with Crippen molar-refractivity contribution >= 4 is 21.6 Å². The smallest absolute Gasteiger partial charge is 0.328 e. The molecule has 1 aliphatic rings. The third kappa shape index (κ3) is 1.42. The molecule has 15 heavy (non-hydrogen) atoms. The van der Waals surface area contributed by atoms with Gasteiger partial charge in [-0.2, -0.15) is 0 Å². The molecular weight excluding hydrogens is 216 g/mol. The average molecular weight is 224 g/mol. The van der Waals surface area contributed by atoms with Gasteiger partial charge < -0.3 is 4.74 Å². The van der Waals surface area contributed by atoms with Crippen molar-refractivity contribution < 1.29 is 4.74 Å². The summed E-state index contributed by atoms with van der Waals surface area (Å²) in [5.74, 6) is 0. The first-order chi connectivity index (χ1) is 7.25. The highest BCUT2D eigenvalue weighted by molar-refractivity contribution is 7.17. The van der Waals surface area contributed by atoms with Crippen molar-refractivity contribution in [3.8, 4) is 0 Å². The Labute approximate surface area is 87.9 Å². The van der Waals surface area contributed by atoms with Crippen LogP contribution in [0.15, 0.2) is 21.0 Å². The van der Waals surface area contributed by atoms with Gasteiger partial charge in [0.15, 0.2) is 0 Å². The molecule has 0 amide bonds. The zero-order valence-electron chi connectivity index (χ0n) is 7.73. The highest BCUT2D eigenvalue weighted by Gasteiger charge is 2.24. The number of nitrogens with one attached hydrogen (secondary N) is 1. The second-order valence-electron chi connectivity index (χ2n) is 3.46. The number of hydrogen-bond donors (Lipinski definition) is 1. The summed E-state index contributed by atoms with van der Waals surface area (Å²) < 4.78 is 7.23. The van der Waals surface area contributed by atoms with E-state index < -0.39 is 0 Å². The van der Waals surface area contributed by atoms with E-state index in [0.29, 0.717) is 23.4 Å². The average Bonchev–Trinajstić information content (AvgIpc) is 2.87. The Balaban J connectivity index is 2.29. The molecule has 0 bridgehead atoms. The van der Waals surface area contributed by atoms with Gasteiger partial charge in [0, 0.05) is 0 Å². The summed E-state index contributed by atoms with van der Waals surface area (Å²) in [4.78, 5) is 25.3. The van der Waals surface area contributed by atoms with Crippen LogP contribution in [0.25, 0.3) is 10.2 Å². The summed E-state index contributed by atoms with van der Waals surface area (Å²) in [5.41, 5.74) is 0.0311. The molecule has 3 rings (SSSR count). The first-order valence-corrected chi connectivity index (χ1v) is 5.45. The van der Waals surface area contributed by atoms with Crippen molar-refractivity contribution in [1.29, 1.82) is 0 Å². The van der Waals surface area contributed by atoms with Crippen LogP contribution in [0.3, 0.4) is 0 Å². The summed E-state index contributed by atoms with van der Waals surface area (Å²) in [6, 6.07) is 1.79. The third-order valence-corrected chi connectivity index (χ3v) is 3.30. The fourth-order valence-electron chi connectivity index (χ4n) is 1.57. The minimum atomic E-state index is -0.360. The minimum absolute atomic E-state index is 0.122. The molecule has 1 saturated heterocycles. The summed E-state index contributed by atoms with van der Waals surface area (Å²) >= 11 is 1.34. The predicted molar refractivity (Wildman–Crippen MR) is 56.4 cm³/mol. The minimum Gasteiger partial charge on any atom is -0.371 e. The molecule has 0 unspecified atom stereocenters. The number of rotatable bonds is 2. The van der Waals surface area contributed by atoms with Gasteiger partial charge in [0.25, 0.3) is 5.56 Å². The Kier molecular flexibility index (Phi) is 1.80. The van der Waals surface area contributed by atoms with Gasteiger partial charge in [0.1, 0.15) is 4.70 Å². The van der Waals surface area contributed by atoms with E-state index in [1.54, 1.807) is 10.6 Å². The molecule has 6 heteroatoms. The Morgan fingerprint density at radius 3 is 3.13 bits per heavy atom. The highest BCUT2D eigenvalue weighted by Crippen LogP contribution is 2.17. The maximum Gasteiger partial charge on any atom is 0.328 e. The monoisotopic (exact) mass is 224 g/mol. The van der Waals surface area contributed by atoms with E-state index in [1.807, 2.05) is 5.38 Å². The third-order valence-electron chi connectivity index (χ3n) is 2.40. The molecule has 1 N–H and O–H groups in total. The topological polar surface area (TPSA) is 67.4 Å². The van der Waals surface area contributed by atoms with Crippen molar-refractivity contribution in [2.24, 2.45) is 0 Å². The standard InChI is InChI=1S/C9H8N2O3S/c12-8-7-6(1-2-15-7)11(9(13)10-8)3-5-4-14-5/h1-2,5H,3-4H2,(H,10,12,13)/t5-/m0/s1. The van der Waals surface area contributed by atoms with Crippen LogP contribution in [-0.2, 0) is 11.3 Å². The van der Waals surface area contributed by atoms with Gasteiger partial charge in [0.2, 0.25) is 0 Å². The maximum absolute atomic E-state index is 11.6. The highest BCUT2D eigenvalue weighted by atomic mass is 32.1. The molecule has 0 spiro atoms. The fourth-order valence-corrected chi connectivity index (χ4v) is 2.36. The largest absolute Gasteiger partial charge is 0.371 e. The fraction of sp³-hybridized carbons (Fsp3) is 0.333. The van der Waals surface area contributed by atoms with Gasteiger partial charge in [-0.15, -0.1) is 11.3 Å². The Morgan fingerprint density at radius 1 is 1.60 bits per heavy atom. The van der Waals surface area contributed by atoms with E-state index in [2.05, 4.69) is 4.98 Å². The number of H-pyrrole nitrogens is 1. The van der Waals surface area contributed by atoms with Crippen LogP contribution in [-0.4, -0.2) is 22.3 Å². The number of aromatic nitrogens is 2. The summed E-state index contributed by atoms with van der Waals surface area (Å²) in [6.45, 7) is 1.21. The van der Waals surface area contributed by atoms with Gasteiger partial charge in [-0.3, -0.25) is 14.3 Å². The first kappa shape index (κ1) is 8.87. The second-order valence-corrected chi connectivity index (χ2v) is 4.38. The molecule has 0 aliphatic carbocycles. The lowest BCUT2D eigenvalue weighted by Crippen LogP contribution is -2.30. The van der Waals surface area contributed by atoms with Crippen LogP contribution in [0.5, 0.6) is 0 Å². The Bertz CT molecular complexity index is 620. The zero-order chi connectivity index (χ0) is 10.4. The number of fused-ring (bicyclic) bond motifs is 1. The molecule has 78 valence electrons. The summed E-state index contributed by atoms with van der Waals surface area (Å²) in [7, 11) is 0.